The van der Waals surface area contributed by atoms with Gasteiger partial charge in [-0.3, -0.25) is 4.98 Å². The predicted molar refractivity (Wildman–Crippen MR) is 64.2 cm³/mol. The Morgan fingerprint density at radius 1 is 1.38 bits per heavy atom. The molecule has 2 unspecified atom stereocenters. The second-order valence-electron chi connectivity index (χ2n) is 4.86. The molecular formula is C14H15NO. The van der Waals surface area contributed by atoms with Crippen LogP contribution >= 0.6 is 0 Å². The van der Waals surface area contributed by atoms with Gasteiger partial charge >= 0.3 is 0 Å². The van der Waals surface area contributed by atoms with Gasteiger partial charge in [0.05, 0.1) is 11.1 Å². The van der Waals surface area contributed by atoms with E-state index in [1.165, 1.54) is 0 Å². The van der Waals surface area contributed by atoms with Crippen molar-refractivity contribution in [3.63, 3.8) is 0 Å². The van der Waals surface area contributed by atoms with Crippen molar-refractivity contribution in [2.24, 2.45) is 5.92 Å². The first-order valence-electron chi connectivity index (χ1n) is 5.70. The molecule has 0 saturated heterocycles. The highest BCUT2D eigenvalue weighted by atomic mass is 16.3. The van der Waals surface area contributed by atoms with E-state index in [4.69, 9.17) is 0 Å². The highest BCUT2D eigenvalue weighted by Gasteiger charge is 2.51. The van der Waals surface area contributed by atoms with Crippen molar-refractivity contribution in [1.29, 1.82) is 0 Å². The predicted octanol–water partition coefficient (Wildman–Crippen LogP) is 2.77. The third kappa shape index (κ3) is 1.26. The van der Waals surface area contributed by atoms with Crippen molar-refractivity contribution in [3.8, 4) is 0 Å². The lowest BCUT2D eigenvalue weighted by Crippen LogP contribution is -2.09. The summed E-state index contributed by atoms with van der Waals surface area (Å²) in [6.45, 7) is 4.07. The van der Waals surface area contributed by atoms with E-state index >= 15 is 0 Å². The van der Waals surface area contributed by atoms with Gasteiger partial charge in [0.1, 0.15) is 0 Å². The maximum absolute atomic E-state index is 10.5. The Labute approximate surface area is 94.9 Å². The lowest BCUT2D eigenvalue weighted by molar-refractivity contribution is 0.136. The summed E-state index contributed by atoms with van der Waals surface area (Å²) < 4.78 is 0. The van der Waals surface area contributed by atoms with Crippen molar-refractivity contribution in [3.05, 3.63) is 41.6 Å². The van der Waals surface area contributed by atoms with Gasteiger partial charge in [0.15, 0.2) is 0 Å². The Morgan fingerprint density at radius 2 is 2.06 bits per heavy atom. The normalized spacial score (nSPS) is 28.3. The molecule has 2 aromatic rings. The summed E-state index contributed by atoms with van der Waals surface area (Å²) in [5, 5.41) is 11.5. The summed E-state index contributed by atoms with van der Waals surface area (Å²) in [5.41, 5.74) is 2.38. The molecule has 1 aromatic heterocycles. The minimum Gasteiger partial charge on any atom is -0.385 e. The SMILES string of the molecule is Cc1cc(C2(O)CC2C)c2ccccc2n1. The summed E-state index contributed by atoms with van der Waals surface area (Å²) in [7, 11) is 0. The zero-order valence-electron chi connectivity index (χ0n) is 9.57. The molecule has 2 nitrogen and oxygen atoms in total. The van der Waals surface area contributed by atoms with E-state index in [9.17, 15) is 5.11 Å². The lowest BCUT2D eigenvalue weighted by Gasteiger charge is -2.13. The molecule has 1 aromatic carbocycles. The van der Waals surface area contributed by atoms with Gasteiger partial charge in [-0.05, 0) is 37.0 Å². The summed E-state index contributed by atoms with van der Waals surface area (Å²) in [5.74, 6) is 0.359. The number of aromatic nitrogens is 1. The molecule has 0 spiro atoms. The molecule has 1 aliphatic rings. The number of hydrogen-bond acceptors (Lipinski definition) is 2. The first-order valence-corrected chi connectivity index (χ1v) is 5.70. The summed E-state index contributed by atoms with van der Waals surface area (Å²) in [4.78, 5) is 4.49. The van der Waals surface area contributed by atoms with Crippen LogP contribution in [0, 0.1) is 12.8 Å². The van der Waals surface area contributed by atoms with E-state index in [2.05, 4.69) is 11.9 Å². The number of aliphatic hydroxyl groups is 1. The summed E-state index contributed by atoms with van der Waals surface area (Å²) in [6, 6.07) is 10.0. The van der Waals surface area contributed by atoms with Crippen LogP contribution in [-0.2, 0) is 5.60 Å². The molecular weight excluding hydrogens is 198 g/mol. The molecule has 0 aliphatic heterocycles. The third-order valence-corrected chi connectivity index (χ3v) is 3.58. The molecule has 1 saturated carbocycles. The van der Waals surface area contributed by atoms with Crippen LogP contribution in [0.25, 0.3) is 10.9 Å². The molecule has 1 aliphatic carbocycles. The van der Waals surface area contributed by atoms with E-state index in [1.54, 1.807) is 0 Å². The number of hydrogen-bond donors (Lipinski definition) is 1. The lowest BCUT2D eigenvalue weighted by atomic mass is 10.00. The molecule has 0 bridgehead atoms. The van der Waals surface area contributed by atoms with Gasteiger partial charge in [-0.1, -0.05) is 25.1 Å². The maximum Gasteiger partial charge on any atom is 0.0934 e. The van der Waals surface area contributed by atoms with Gasteiger partial charge in [0.2, 0.25) is 0 Å². The monoisotopic (exact) mass is 213 g/mol. The van der Waals surface area contributed by atoms with E-state index in [1.807, 2.05) is 37.3 Å². The van der Waals surface area contributed by atoms with Crippen molar-refractivity contribution in [2.75, 3.05) is 0 Å². The highest BCUT2D eigenvalue weighted by molar-refractivity contribution is 5.83. The van der Waals surface area contributed by atoms with Gasteiger partial charge in [-0.2, -0.15) is 0 Å². The van der Waals surface area contributed by atoms with Crippen LogP contribution in [0.2, 0.25) is 0 Å². The Bertz CT molecular complexity index is 564. The van der Waals surface area contributed by atoms with Gasteiger partial charge in [-0.25, -0.2) is 0 Å². The van der Waals surface area contributed by atoms with Crippen LogP contribution in [0.5, 0.6) is 0 Å². The topological polar surface area (TPSA) is 33.1 Å². The van der Waals surface area contributed by atoms with Crippen LogP contribution in [0.15, 0.2) is 30.3 Å². The number of fused-ring (bicyclic) bond motifs is 1. The van der Waals surface area contributed by atoms with Crippen molar-refractivity contribution >= 4 is 10.9 Å². The van der Waals surface area contributed by atoms with E-state index < -0.39 is 5.60 Å². The van der Waals surface area contributed by atoms with E-state index in [0.717, 1.165) is 28.6 Å². The molecule has 2 heteroatoms. The molecule has 82 valence electrons. The maximum atomic E-state index is 10.5. The van der Waals surface area contributed by atoms with Gasteiger partial charge in [0, 0.05) is 11.1 Å². The molecule has 1 N–H and O–H groups in total. The average Bonchev–Trinajstić information content (AvgIpc) is 2.87. The number of nitrogens with zero attached hydrogens (tertiary/aromatic N) is 1. The fourth-order valence-electron chi connectivity index (χ4n) is 2.45. The fourth-order valence-corrected chi connectivity index (χ4v) is 2.45. The number of aryl methyl sites for hydroxylation is 1. The second-order valence-corrected chi connectivity index (χ2v) is 4.86. The number of pyridine rings is 1. The second kappa shape index (κ2) is 3.05. The quantitative estimate of drug-likeness (QED) is 0.790. The molecule has 0 radical (unpaired) electrons. The highest BCUT2D eigenvalue weighted by Crippen LogP contribution is 2.53. The Morgan fingerprint density at radius 3 is 2.75 bits per heavy atom. The zero-order chi connectivity index (χ0) is 11.3. The smallest absolute Gasteiger partial charge is 0.0934 e. The first kappa shape index (κ1) is 9.79. The minimum atomic E-state index is -0.618. The van der Waals surface area contributed by atoms with Crippen molar-refractivity contribution in [1.82, 2.24) is 4.98 Å². The molecule has 3 rings (SSSR count). The largest absolute Gasteiger partial charge is 0.385 e. The Kier molecular flexibility index (Phi) is 1.86. The summed E-state index contributed by atoms with van der Waals surface area (Å²) >= 11 is 0. The number of para-hydroxylation sites is 1. The molecule has 2 atom stereocenters. The molecule has 1 heterocycles. The van der Waals surface area contributed by atoms with Crippen LogP contribution in [0.4, 0.5) is 0 Å². The van der Waals surface area contributed by atoms with Gasteiger partial charge in [0.25, 0.3) is 0 Å². The Hall–Kier alpha value is -1.41. The van der Waals surface area contributed by atoms with E-state index in [-0.39, 0.29) is 0 Å². The van der Waals surface area contributed by atoms with Crippen molar-refractivity contribution in [2.45, 2.75) is 25.9 Å². The van der Waals surface area contributed by atoms with E-state index in [0.29, 0.717) is 5.92 Å². The average molecular weight is 213 g/mol. The minimum absolute atomic E-state index is 0.359. The fraction of sp³-hybridized carbons (Fsp3) is 0.357. The summed E-state index contributed by atoms with van der Waals surface area (Å²) in [6.07, 6.45) is 0.862. The van der Waals surface area contributed by atoms with Crippen LogP contribution in [0.3, 0.4) is 0 Å². The van der Waals surface area contributed by atoms with Gasteiger partial charge < -0.3 is 5.11 Å². The standard InChI is InChI=1S/C14H15NO/c1-9-8-14(9,16)12-7-10(2)15-13-6-4-3-5-11(12)13/h3-7,9,16H,8H2,1-2H3. The zero-order valence-corrected chi connectivity index (χ0v) is 9.57. The molecule has 16 heavy (non-hydrogen) atoms. The van der Waals surface area contributed by atoms with Crippen LogP contribution < -0.4 is 0 Å². The Balaban J connectivity index is 2.31. The molecule has 0 amide bonds. The van der Waals surface area contributed by atoms with Crippen LogP contribution in [0.1, 0.15) is 24.6 Å². The third-order valence-electron chi connectivity index (χ3n) is 3.58. The number of benzene rings is 1. The first-order chi connectivity index (χ1) is 7.61. The molecule has 1 fully saturated rings. The van der Waals surface area contributed by atoms with Gasteiger partial charge in [-0.15, -0.1) is 0 Å². The van der Waals surface area contributed by atoms with Crippen molar-refractivity contribution < 1.29 is 5.11 Å². The van der Waals surface area contributed by atoms with Crippen LogP contribution in [-0.4, -0.2) is 10.1 Å². The number of rotatable bonds is 1.